The van der Waals surface area contributed by atoms with Crippen LogP contribution in [-0.4, -0.2) is 36.7 Å². The van der Waals surface area contributed by atoms with Crippen LogP contribution >= 0.6 is 0 Å². The van der Waals surface area contributed by atoms with Gasteiger partial charge >= 0.3 is 0 Å². The molecule has 1 aliphatic heterocycles. The van der Waals surface area contributed by atoms with E-state index in [1.54, 1.807) is 4.90 Å². The topological polar surface area (TPSA) is 41.7 Å². The largest absolute Gasteiger partial charge is 0.360 e. The van der Waals surface area contributed by atoms with Crippen LogP contribution in [-0.2, 0) is 6.54 Å². The SMILES string of the molecule is Cc1cc(C(=O)Nc2ccc(N3CC[NH+](Cc4ccccc4)CC3)cc2)c(C)n1C1CC1. The van der Waals surface area contributed by atoms with Crippen LogP contribution in [0.25, 0.3) is 0 Å². The van der Waals surface area contributed by atoms with Crippen molar-refractivity contribution in [2.45, 2.75) is 39.3 Å². The number of rotatable bonds is 6. The minimum Gasteiger partial charge on any atom is -0.360 e. The molecular formula is C27H33N4O+. The van der Waals surface area contributed by atoms with Crippen molar-refractivity contribution in [3.8, 4) is 0 Å². The second kappa shape index (κ2) is 8.83. The Morgan fingerprint density at radius 2 is 1.69 bits per heavy atom. The number of hydrogen-bond donors (Lipinski definition) is 2. The van der Waals surface area contributed by atoms with Gasteiger partial charge in [-0.1, -0.05) is 30.3 Å². The number of anilines is 2. The van der Waals surface area contributed by atoms with E-state index in [0.29, 0.717) is 6.04 Å². The lowest BCUT2D eigenvalue weighted by Gasteiger charge is -2.33. The molecule has 5 nitrogen and oxygen atoms in total. The molecule has 0 atom stereocenters. The minimum atomic E-state index is -0.0177. The average Bonchev–Trinajstić information content (AvgIpc) is 3.59. The highest BCUT2D eigenvalue weighted by atomic mass is 16.1. The van der Waals surface area contributed by atoms with E-state index in [4.69, 9.17) is 0 Å². The second-order valence-corrected chi connectivity index (χ2v) is 9.29. The first-order chi connectivity index (χ1) is 15.6. The summed E-state index contributed by atoms with van der Waals surface area (Å²) in [5, 5.41) is 3.09. The van der Waals surface area contributed by atoms with Crippen LogP contribution in [0.3, 0.4) is 0 Å². The van der Waals surface area contributed by atoms with Crippen LogP contribution in [0, 0.1) is 13.8 Å². The van der Waals surface area contributed by atoms with Gasteiger partial charge in [0.15, 0.2) is 0 Å². The molecule has 2 aliphatic rings. The molecule has 1 aromatic heterocycles. The Morgan fingerprint density at radius 1 is 1.00 bits per heavy atom. The Hall–Kier alpha value is -3.05. The predicted octanol–water partition coefficient (Wildman–Crippen LogP) is 3.60. The number of carbonyl (C=O) groups excluding carboxylic acids is 1. The first-order valence-corrected chi connectivity index (χ1v) is 11.8. The van der Waals surface area contributed by atoms with Crippen molar-refractivity contribution < 1.29 is 9.69 Å². The fourth-order valence-electron chi connectivity index (χ4n) is 5.00. The van der Waals surface area contributed by atoms with E-state index >= 15 is 0 Å². The maximum atomic E-state index is 12.9. The van der Waals surface area contributed by atoms with Gasteiger partial charge in [0.25, 0.3) is 5.91 Å². The molecule has 0 spiro atoms. The summed E-state index contributed by atoms with van der Waals surface area (Å²) in [5.41, 5.74) is 6.54. The Bertz CT molecular complexity index is 1070. The summed E-state index contributed by atoms with van der Waals surface area (Å²) in [6, 6.07) is 21.7. The van der Waals surface area contributed by atoms with Crippen molar-refractivity contribution >= 4 is 17.3 Å². The monoisotopic (exact) mass is 429 g/mol. The highest BCUT2D eigenvalue weighted by molar-refractivity contribution is 6.05. The number of amides is 1. The van der Waals surface area contributed by atoms with E-state index < -0.39 is 0 Å². The molecule has 32 heavy (non-hydrogen) atoms. The highest BCUT2D eigenvalue weighted by Gasteiger charge is 2.28. The summed E-state index contributed by atoms with van der Waals surface area (Å²) in [4.78, 5) is 17.0. The summed E-state index contributed by atoms with van der Waals surface area (Å²) in [6.07, 6.45) is 2.45. The molecule has 1 saturated carbocycles. The van der Waals surface area contributed by atoms with Crippen molar-refractivity contribution in [2.75, 3.05) is 36.4 Å². The number of aromatic nitrogens is 1. The molecule has 5 rings (SSSR count). The molecular weight excluding hydrogens is 396 g/mol. The second-order valence-electron chi connectivity index (χ2n) is 9.29. The zero-order valence-electron chi connectivity index (χ0n) is 19.1. The Balaban J connectivity index is 1.17. The fourth-order valence-corrected chi connectivity index (χ4v) is 5.00. The zero-order valence-corrected chi connectivity index (χ0v) is 19.1. The molecule has 0 unspecified atom stereocenters. The lowest BCUT2D eigenvalue weighted by atomic mass is 10.2. The van der Waals surface area contributed by atoms with E-state index in [1.807, 2.05) is 18.2 Å². The molecule has 2 fully saturated rings. The predicted molar refractivity (Wildman–Crippen MR) is 130 cm³/mol. The van der Waals surface area contributed by atoms with E-state index in [-0.39, 0.29) is 5.91 Å². The molecule has 3 aromatic rings. The molecule has 5 heteroatoms. The molecule has 166 valence electrons. The number of quaternary nitrogens is 1. The molecule has 2 aromatic carbocycles. The van der Waals surface area contributed by atoms with Gasteiger partial charge < -0.3 is 19.7 Å². The summed E-state index contributed by atoms with van der Waals surface area (Å²) in [6.45, 7) is 9.65. The zero-order chi connectivity index (χ0) is 22.1. The number of aryl methyl sites for hydroxylation is 1. The Labute approximate surface area is 190 Å². The van der Waals surface area contributed by atoms with Crippen molar-refractivity contribution in [2.24, 2.45) is 0 Å². The number of piperazine rings is 1. The maximum Gasteiger partial charge on any atom is 0.257 e. The third-order valence-electron chi connectivity index (χ3n) is 6.90. The molecule has 0 bridgehead atoms. The maximum absolute atomic E-state index is 12.9. The fraction of sp³-hybridized carbons (Fsp3) is 0.370. The average molecular weight is 430 g/mol. The molecule has 1 saturated heterocycles. The van der Waals surface area contributed by atoms with Crippen LogP contribution in [0.15, 0.2) is 60.7 Å². The summed E-state index contributed by atoms with van der Waals surface area (Å²) >= 11 is 0. The number of carbonyl (C=O) groups is 1. The summed E-state index contributed by atoms with van der Waals surface area (Å²) in [7, 11) is 0. The van der Waals surface area contributed by atoms with Crippen molar-refractivity contribution in [3.63, 3.8) is 0 Å². The van der Waals surface area contributed by atoms with Crippen LogP contribution < -0.4 is 15.1 Å². The van der Waals surface area contributed by atoms with E-state index in [9.17, 15) is 4.79 Å². The van der Waals surface area contributed by atoms with Crippen LogP contribution in [0.5, 0.6) is 0 Å². The van der Waals surface area contributed by atoms with Crippen molar-refractivity contribution in [3.05, 3.63) is 83.2 Å². The normalized spacial score (nSPS) is 16.9. The summed E-state index contributed by atoms with van der Waals surface area (Å²) < 4.78 is 2.32. The quantitative estimate of drug-likeness (QED) is 0.629. The van der Waals surface area contributed by atoms with Gasteiger partial charge in [-0.15, -0.1) is 0 Å². The molecule has 0 radical (unpaired) electrons. The van der Waals surface area contributed by atoms with Gasteiger partial charge in [-0.05, 0) is 57.0 Å². The number of nitrogens with zero attached hydrogens (tertiary/aromatic N) is 2. The lowest BCUT2D eigenvalue weighted by molar-refractivity contribution is -0.914. The Kier molecular flexibility index (Phi) is 5.75. The standard InChI is InChI=1S/C27H32N4O/c1-20-18-26(21(2)31(20)25-12-13-25)27(32)28-23-8-10-24(11-9-23)30-16-14-29(15-17-30)19-22-6-4-3-5-7-22/h3-11,18,25H,12-17,19H2,1-2H3,(H,28,32)/p+1. The minimum absolute atomic E-state index is 0.0177. The Morgan fingerprint density at radius 3 is 2.34 bits per heavy atom. The molecule has 2 heterocycles. The van der Waals surface area contributed by atoms with Gasteiger partial charge in [0.1, 0.15) is 6.54 Å². The van der Waals surface area contributed by atoms with E-state index in [1.165, 1.54) is 29.8 Å². The molecule has 1 amide bonds. The molecule has 1 aliphatic carbocycles. The van der Waals surface area contributed by atoms with Gasteiger partial charge in [0.2, 0.25) is 0 Å². The van der Waals surface area contributed by atoms with Crippen LogP contribution in [0.4, 0.5) is 11.4 Å². The van der Waals surface area contributed by atoms with Crippen LogP contribution in [0.1, 0.15) is 46.2 Å². The number of nitrogens with one attached hydrogen (secondary N) is 2. The van der Waals surface area contributed by atoms with E-state index in [2.05, 4.69) is 71.1 Å². The number of hydrogen-bond acceptors (Lipinski definition) is 2. The molecule has 2 N–H and O–H groups in total. The van der Waals surface area contributed by atoms with Gasteiger partial charge in [0.05, 0.1) is 31.7 Å². The van der Waals surface area contributed by atoms with E-state index in [0.717, 1.165) is 49.7 Å². The number of benzene rings is 2. The first-order valence-electron chi connectivity index (χ1n) is 11.8. The first kappa shape index (κ1) is 20.8. The van der Waals surface area contributed by atoms with Gasteiger partial charge in [-0.2, -0.15) is 0 Å². The lowest BCUT2D eigenvalue weighted by Crippen LogP contribution is -3.13. The smallest absolute Gasteiger partial charge is 0.257 e. The third kappa shape index (κ3) is 4.44. The van der Waals surface area contributed by atoms with Crippen LogP contribution in [0.2, 0.25) is 0 Å². The van der Waals surface area contributed by atoms with Crippen molar-refractivity contribution in [1.29, 1.82) is 0 Å². The highest BCUT2D eigenvalue weighted by Crippen LogP contribution is 2.38. The van der Waals surface area contributed by atoms with Gasteiger partial charge in [-0.3, -0.25) is 4.79 Å². The third-order valence-corrected chi connectivity index (χ3v) is 6.90. The summed E-state index contributed by atoms with van der Waals surface area (Å²) in [5.74, 6) is -0.0177. The van der Waals surface area contributed by atoms with Crippen molar-refractivity contribution in [1.82, 2.24) is 4.57 Å². The van der Waals surface area contributed by atoms with Gasteiger partial charge in [0, 0.05) is 34.4 Å². The van der Waals surface area contributed by atoms with Gasteiger partial charge in [-0.25, -0.2) is 0 Å².